The highest BCUT2D eigenvalue weighted by molar-refractivity contribution is 7.98. The Bertz CT molecular complexity index is 420. The zero-order valence-electron chi connectivity index (χ0n) is 10.5. The van der Waals surface area contributed by atoms with Crippen LogP contribution in [0, 0.1) is 0 Å². The van der Waals surface area contributed by atoms with Gasteiger partial charge in [0.1, 0.15) is 0 Å². The maximum absolute atomic E-state index is 10.2. The van der Waals surface area contributed by atoms with E-state index >= 15 is 0 Å². The van der Waals surface area contributed by atoms with Gasteiger partial charge in [0.25, 0.3) is 0 Å². The van der Waals surface area contributed by atoms with Gasteiger partial charge in [-0.2, -0.15) is 11.8 Å². The molecule has 0 saturated carbocycles. The summed E-state index contributed by atoms with van der Waals surface area (Å²) in [6, 6.07) is 4.86. The standard InChI is InChI=1S/C7H7NO2.C4H10N2OS.ClH/c8-5-1-2-6-7(3-5)10-4-9-6;1-8-2-3(5)4(6)7;/h1-3H,4,8H2;3H,2,5H2,1H3,(H2,6,7);1H/t;3-;/m.0./s1. The monoisotopic (exact) mass is 307 g/mol. The minimum Gasteiger partial charge on any atom is -0.454 e. The van der Waals surface area contributed by atoms with Crippen LogP contribution in [0.4, 0.5) is 5.69 Å². The molecule has 1 aromatic carbocycles. The first-order valence-electron chi connectivity index (χ1n) is 5.23. The number of rotatable bonds is 3. The third kappa shape index (κ3) is 5.91. The number of fused-ring (bicyclic) bond motifs is 1. The number of hydrogen-bond donors (Lipinski definition) is 3. The van der Waals surface area contributed by atoms with Crippen LogP contribution in [0.3, 0.4) is 0 Å². The predicted molar refractivity (Wildman–Crippen MR) is 79.8 cm³/mol. The van der Waals surface area contributed by atoms with Crippen molar-refractivity contribution in [2.45, 2.75) is 6.04 Å². The lowest BCUT2D eigenvalue weighted by Gasteiger charge is -2.01. The van der Waals surface area contributed by atoms with Gasteiger partial charge in [0.2, 0.25) is 12.7 Å². The van der Waals surface area contributed by atoms with Crippen LogP contribution in [0.1, 0.15) is 0 Å². The Morgan fingerprint density at radius 1 is 1.42 bits per heavy atom. The molecule has 0 aromatic heterocycles. The molecule has 0 fully saturated rings. The molecule has 0 unspecified atom stereocenters. The van der Waals surface area contributed by atoms with Crippen LogP contribution >= 0.6 is 24.2 Å². The number of hydrogen-bond acceptors (Lipinski definition) is 6. The van der Waals surface area contributed by atoms with E-state index in [0.717, 1.165) is 11.5 Å². The molecule has 108 valence electrons. The molecule has 19 heavy (non-hydrogen) atoms. The van der Waals surface area contributed by atoms with Crippen molar-refractivity contribution in [2.24, 2.45) is 11.5 Å². The molecule has 0 radical (unpaired) electrons. The van der Waals surface area contributed by atoms with Crippen molar-refractivity contribution in [3.05, 3.63) is 18.2 Å². The molecule has 1 amide bonds. The van der Waals surface area contributed by atoms with Crippen molar-refractivity contribution in [3.8, 4) is 11.5 Å². The Morgan fingerprint density at radius 3 is 2.58 bits per heavy atom. The fraction of sp³-hybridized carbons (Fsp3) is 0.364. The van der Waals surface area contributed by atoms with Crippen molar-refractivity contribution >= 4 is 35.8 Å². The fourth-order valence-corrected chi connectivity index (χ4v) is 1.70. The molecule has 1 aromatic rings. The third-order valence-electron chi connectivity index (χ3n) is 2.11. The van der Waals surface area contributed by atoms with Gasteiger partial charge in [0, 0.05) is 17.5 Å². The largest absolute Gasteiger partial charge is 0.454 e. The van der Waals surface area contributed by atoms with Crippen LogP contribution in [0.2, 0.25) is 0 Å². The first-order valence-corrected chi connectivity index (χ1v) is 6.63. The topological polar surface area (TPSA) is 114 Å². The molecule has 1 aliphatic rings. The normalized spacial score (nSPS) is 12.7. The van der Waals surface area contributed by atoms with Crippen LogP contribution in [-0.4, -0.2) is 30.8 Å². The molecule has 0 saturated heterocycles. The van der Waals surface area contributed by atoms with Crippen molar-refractivity contribution in [1.29, 1.82) is 0 Å². The highest BCUT2D eigenvalue weighted by Gasteiger charge is 2.11. The van der Waals surface area contributed by atoms with Crippen LogP contribution in [0.25, 0.3) is 0 Å². The molecule has 8 heteroatoms. The summed E-state index contributed by atoms with van der Waals surface area (Å²) in [4.78, 5) is 10.2. The van der Waals surface area contributed by atoms with Crippen LogP contribution < -0.4 is 26.7 Å². The van der Waals surface area contributed by atoms with Crippen LogP contribution in [0.15, 0.2) is 18.2 Å². The second-order valence-electron chi connectivity index (χ2n) is 3.58. The lowest BCUT2D eigenvalue weighted by atomic mass is 10.3. The number of anilines is 1. The van der Waals surface area contributed by atoms with E-state index in [0.29, 0.717) is 18.2 Å². The first kappa shape index (κ1) is 17.7. The summed E-state index contributed by atoms with van der Waals surface area (Å²) in [6.07, 6.45) is 1.88. The Morgan fingerprint density at radius 2 is 2.05 bits per heavy atom. The van der Waals surface area contributed by atoms with Gasteiger partial charge in [-0.3, -0.25) is 4.79 Å². The first-order chi connectivity index (χ1) is 8.54. The number of carbonyl (C=O) groups excluding carboxylic acids is 1. The number of nitrogens with two attached hydrogens (primary N) is 3. The van der Waals surface area contributed by atoms with Crippen LogP contribution in [-0.2, 0) is 4.79 Å². The molecular weight excluding hydrogens is 290 g/mol. The molecule has 0 bridgehead atoms. The Hall–Kier alpha value is -1.31. The molecule has 6 N–H and O–H groups in total. The minimum absolute atomic E-state index is 0. The van der Waals surface area contributed by atoms with E-state index in [1.54, 1.807) is 18.2 Å². The van der Waals surface area contributed by atoms with Crippen molar-refractivity contribution in [3.63, 3.8) is 0 Å². The van der Waals surface area contributed by atoms with Gasteiger partial charge >= 0.3 is 0 Å². The van der Waals surface area contributed by atoms with Gasteiger partial charge in [0.15, 0.2) is 11.5 Å². The van der Waals surface area contributed by atoms with Gasteiger partial charge in [-0.25, -0.2) is 0 Å². The molecule has 1 atom stereocenters. The van der Waals surface area contributed by atoms with Crippen molar-refractivity contribution in [1.82, 2.24) is 0 Å². The number of nitrogen functional groups attached to an aromatic ring is 1. The highest BCUT2D eigenvalue weighted by atomic mass is 35.5. The van der Waals surface area contributed by atoms with Crippen molar-refractivity contribution in [2.75, 3.05) is 24.5 Å². The van der Waals surface area contributed by atoms with E-state index in [1.807, 2.05) is 6.26 Å². The number of carbonyl (C=O) groups is 1. The van der Waals surface area contributed by atoms with Gasteiger partial charge in [0.05, 0.1) is 6.04 Å². The lowest BCUT2D eigenvalue weighted by molar-refractivity contribution is -0.118. The zero-order chi connectivity index (χ0) is 13.5. The number of ether oxygens (including phenoxy) is 2. The van der Waals surface area contributed by atoms with E-state index in [2.05, 4.69) is 0 Å². The maximum Gasteiger partial charge on any atom is 0.235 e. The highest BCUT2D eigenvalue weighted by Crippen LogP contribution is 2.32. The van der Waals surface area contributed by atoms with E-state index in [4.69, 9.17) is 26.7 Å². The SMILES string of the molecule is CSC[C@H](N)C(N)=O.Cl.Nc1ccc2c(c1)OCO2. The zero-order valence-corrected chi connectivity index (χ0v) is 12.1. The van der Waals surface area contributed by atoms with Crippen molar-refractivity contribution < 1.29 is 14.3 Å². The molecule has 2 rings (SSSR count). The Balaban J connectivity index is 0.000000335. The lowest BCUT2D eigenvalue weighted by Crippen LogP contribution is -2.38. The quantitative estimate of drug-likeness (QED) is 0.704. The smallest absolute Gasteiger partial charge is 0.235 e. The molecule has 6 nitrogen and oxygen atoms in total. The van der Waals surface area contributed by atoms with E-state index < -0.39 is 11.9 Å². The number of thioether (sulfide) groups is 1. The molecular formula is C11H18ClN3O3S. The Labute approximate surface area is 122 Å². The number of amides is 1. The molecule has 1 heterocycles. The summed E-state index contributed by atoms with van der Waals surface area (Å²) in [5.74, 6) is 1.68. The maximum atomic E-state index is 10.2. The summed E-state index contributed by atoms with van der Waals surface area (Å²) >= 11 is 1.51. The second-order valence-corrected chi connectivity index (χ2v) is 4.49. The third-order valence-corrected chi connectivity index (χ3v) is 2.80. The summed E-state index contributed by atoms with van der Waals surface area (Å²) < 4.78 is 10.2. The summed E-state index contributed by atoms with van der Waals surface area (Å²) in [5.41, 5.74) is 16.3. The van der Waals surface area contributed by atoms with Gasteiger partial charge < -0.3 is 26.7 Å². The number of primary amides is 1. The van der Waals surface area contributed by atoms with Gasteiger partial charge in [-0.1, -0.05) is 0 Å². The Kier molecular flexibility index (Phi) is 8.13. The molecule has 0 spiro atoms. The molecule has 1 aliphatic heterocycles. The molecule has 0 aliphatic carbocycles. The minimum atomic E-state index is -0.481. The summed E-state index contributed by atoms with van der Waals surface area (Å²) in [6.45, 7) is 0.304. The fourth-order valence-electron chi connectivity index (χ4n) is 1.17. The van der Waals surface area contributed by atoms with E-state index in [9.17, 15) is 4.79 Å². The number of halogens is 1. The van der Waals surface area contributed by atoms with Gasteiger partial charge in [-0.05, 0) is 18.4 Å². The van der Waals surface area contributed by atoms with E-state index in [1.165, 1.54) is 11.8 Å². The number of benzene rings is 1. The second kappa shape index (κ2) is 8.73. The van der Waals surface area contributed by atoms with E-state index in [-0.39, 0.29) is 12.4 Å². The average molecular weight is 308 g/mol. The summed E-state index contributed by atoms with van der Waals surface area (Å²) in [5, 5.41) is 0. The van der Waals surface area contributed by atoms with Crippen LogP contribution in [0.5, 0.6) is 11.5 Å². The summed E-state index contributed by atoms with van der Waals surface area (Å²) in [7, 11) is 0. The average Bonchev–Trinajstić information content (AvgIpc) is 2.77. The predicted octanol–water partition coefficient (Wildman–Crippen LogP) is 0.581. The van der Waals surface area contributed by atoms with Gasteiger partial charge in [-0.15, -0.1) is 12.4 Å².